The first-order valence-electron chi connectivity index (χ1n) is 25.6. The van der Waals surface area contributed by atoms with E-state index in [1.807, 2.05) is 0 Å². The van der Waals surface area contributed by atoms with Gasteiger partial charge < -0.3 is 40.3 Å². The van der Waals surface area contributed by atoms with Crippen LogP contribution in [-0.2, 0) is 28.9 Å². The maximum Gasteiger partial charge on any atom is 0.397 e. The zero-order chi connectivity index (χ0) is 47.8. The minimum absolute atomic E-state index is 0.230. The Bertz CT molecular complexity index is 1360. The molecule has 1 fully saturated rings. The van der Waals surface area contributed by atoms with E-state index >= 15 is 0 Å². The quantitative estimate of drug-likeness (QED) is 0.0132. The Balaban J connectivity index is 2.55. The molecule has 1 heterocycles. The van der Waals surface area contributed by atoms with E-state index in [2.05, 4.69) is 59.8 Å². The van der Waals surface area contributed by atoms with Gasteiger partial charge in [-0.05, 0) is 57.8 Å². The Kier molecular flexibility index (Phi) is 38.5. The summed E-state index contributed by atoms with van der Waals surface area (Å²) < 4.78 is 47.6. The van der Waals surface area contributed by atoms with Crippen LogP contribution in [0.15, 0.2) is 48.6 Å². The molecule has 1 aliphatic rings. The van der Waals surface area contributed by atoms with Crippen molar-refractivity contribution in [3.05, 3.63) is 48.6 Å². The molecule has 8 unspecified atom stereocenters. The SMILES string of the molecule is CCCCC/C=C\C=C/CCCCCCCCCCCC(O)C(=O)NC(COC1OC(CO)C(O)C(OS(=O)(=O)O)C1O)C(O)/C=C/CC/C=C/CCCCCCCCCCCCCC. The number of hydrogen-bond donors (Lipinski definition) is 7. The molecule has 1 rings (SSSR count). The van der Waals surface area contributed by atoms with Crippen molar-refractivity contribution >= 4 is 16.3 Å². The topological polar surface area (TPSA) is 212 Å². The molecule has 0 aliphatic carbocycles. The fraction of sp³-hybridized carbons (Fsp3) is 0.824. The summed E-state index contributed by atoms with van der Waals surface area (Å²) in [5, 5.41) is 55.3. The predicted octanol–water partition coefficient (Wildman–Crippen LogP) is 9.80. The van der Waals surface area contributed by atoms with E-state index in [0.29, 0.717) is 12.8 Å². The highest BCUT2D eigenvalue weighted by Gasteiger charge is 2.48. The molecule has 7 N–H and O–H groups in total. The van der Waals surface area contributed by atoms with Gasteiger partial charge in [0.25, 0.3) is 0 Å². The molecule has 0 spiro atoms. The number of aliphatic hydroxyl groups excluding tert-OH is 5. The molecule has 0 radical (unpaired) electrons. The number of unbranched alkanes of at least 4 members (excludes halogenated alkanes) is 25. The smallest absolute Gasteiger partial charge is 0.394 e. The predicted molar refractivity (Wildman–Crippen MR) is 260 cm³/mol. The van der Waals surface area contributed by atoms with Crippen LogP contribution in [0.1, 0.15) is 206 Å². The van der Waals surface area contributed by atoms with Crippen LogP contribution in [0.5, 0.6) is 0 Å². The fourth-order valence-corrected chi connectivity index (χ4v) is 8.39. The molecule has 0 saturated carbocycles. The summed E-state index contributed by atoms with van der Waals surface area (Å²) in [4.78, 5) is 13.1. The molecular weight excluding hydrogens is 851 g/mol. The first-order valence-corrected chi connectivity index (χ1v) is 27.0. The van der Waals surface area contributed by atoms with Gasteiger partial charge in [-0.1, -0.05) is 197 Å². The Hall–Kier alpha value is -1.98. The van der Waals surface area contributed by atoms with Crippen LogP contribution in [-0.4, -0.2) is 107 Å². The Morgan fingerprint density at radius 2 is 1.08 bits per heavy atom. The molecule has 8 atom stereocenters. The van der Waals surface area contributed by atoms with E-state index < -0.39 is 78.5 Å². The molecule has 380 valence electrons. The van der Waals surface area contributed by atoms with Crippen LogP contribution in [0, 0.1) is 0 Å². The van der Waals surface area contributed by atoms with Crippen molar-refractivity contribution in [2.45, 2.75) is 255 Å². The maximum atomic E-state index is 13.1. The number of carbonyl (C=O) groups excluding carboxylic acids is 1. The van der Waals surface area contributed by atoms with Crippen molar-refractivity contribution in [1.29, 1.82) is 0 Å². The van der Waals surface area contributed by atoms with Crippen molar-refractivity contribution in [3.63, 3.8) is 0 Å². The highest BCUT2D eigenvalue weighted by atomic mass is 32.3. The number of nitrogens with one attached hydrogen (secondary N) is 1. The van der Waals surface area contributed by atoms with E-state index in [4.69, 9.17) is 9.47 Å². The normalized spacial score (nSPS) is 21.0. The number of ether oxygens (including phenoxy) is 2. The van der Waals surface area contributed by atoms with Gasteiger partial charge in [0.15, 0.2) is 6.29 Å². The largest absolute Gasteiger partial charge is 0.397 e. The van der Waals surface area contributed by atoms with E-state index in [-0.39, 0.29) is 6.42 Å². The zero-order valence-electron chi connectivity index (χ0n) is 40.4. The van der Waals surface area contributed by atoms with Gasteiger partial charge in [-0.2, -0.15) is 8.42 Å². The van der Waals surface area contributed by atoms with Crippen LogP contribution >= 0.6 is 0 Å². The number of rotatable bonds is 43. The van der Waals surface area contributed by atoms with Crippen molar-refractivity contribution in [2.75, 3.05) is 13.2 Å². The van der Waals surface area contributed by atoms with Crippen LogP contribution in [0.3, 0.4) is 0 Å². The van der Waals surface area contributed by atoms with Crippen molar-refractivity contribution < 1.29 is 57.0 Å². The Morgan fingerprint density at radius 3 is 1.60 bits per heavy atom. The lowest BCUT2D eigenvalue weighted by atomic mass is 9.99. The van der Waals surface area contributed by atoms with Gasteiger partial charge in [-0.25, -0.2) is 4.18 Å². The van der Waals surface area contributed by atoms with Crippen molar-refractivity contribution in [3.8, 4) is 0 Å². The van der Waals surface area contributed by atoms with Crippen molar-refractivity contribution in [1.82, 2.24) is 5.32 Å². The summed E-state index contributed by atoms with van der Waals surface area (Å²) in [6.07, 6.45) is 39.0. The third-order valence-corrected chi connectivity index (χ3v) is 12.4. The molecule has 13 nitrogen and oxygen atoms in total. The molecule has 14 heteroatoms. The van der Waals surface area contributed by atoms with Gasteiger partial charge in [0.1, 0.15) is 30.5 Å². The highest BCUT2D eigenvalue weighted by Crippen LogP contribution is 2.26. The number of allylic oxidation sites excluding steroid dienone is 7. The first kappa shape index (κ1) is 61.0. The minimum atomic E-state index is -5.13. The van der Waals surface area contributed by atoms with Gasteiger partial charge in [0.05, 0.1) is 25.4 Å². The fourth-order valence-electron chi connectivity index (χ4n) is 7.88. The number of hydrogen-bond acceptors (Lipinski definition) is 11. The van der Waals surface area contributed by atoms with E-state index in [1.54, 1.807) is 6.08 Å². The second-order valence-electron chi connectivity index (χ2n) is 17.9. The van der Waals surface area contributed by atoms with Crippen LogP contribution in [0.4, 0.5) is 0 Å². The standard InChI is InChI=1S/C51H93NO12S/c1-3-5-7-9-11-13-15-17-19-21-23-25-27-29-31-33-35-37-39-44(54)43(42-62-51-48(57)49(64-65(59,60)61)47(56)46(41-53)63-51)52-50(58)45(55)40-38-36-34-32-30-28-26-24-22-20-18-16-14-12-10-8-6-4-2/h12,14,16,18,29,31,37,39,43-49,51,53-57H,3-11,13,15,17,19-28,30,32-36,38,40-42H2,1-2H3,(H,52,58)(H,59,60,61)/b14-12-,18-16-,31-29+,39-37+. The lowest BCUT2D eigenvalue weighted by Gasteiger charge is -2.41. The van der Waals surface area contributed by atoms with E-state index in [9.17, 15) is 43.3 Å². The van der Waals surface area contributed by atoms with Gasteiger partial charge >= 0.3 is 10.4 Å². The molecule has 0 aromatic rings. The maximum absolute atomic E-state index is 13.1. The van der Waals surface area contributed by atoms with Gasteiger partial charge in [0, 0.05) is 0 Å². The monoisotopic (exact) mass is 944 g/mol. The Morgan fingerprint density at radius 1 is 0.631 bits per heavy atom. The molecular formula is C51H93NO12S. The van der Waals surface area contributed by atoms with Gasteiger partial charge in [-0.15, -0.1) is 0 Å². The second kappa shape index (κ2) is 41.0. The van der Waals surface area contributed by atoms with Crippen LogP contribution in [0.2, 0.25) is 0 Å². The second-order valence-corrected chi connectivity index (χ2v) is 19.0. The van der Waals surface area contributed by atoms with E-state index in [1.165, 1.54) is 122 Å². The summed E-state index contributed by atoms with van der Waals surface area (Å²) >= 11 is 0. The van der Waals surface area contributed by atoms with Crippen LogP contribution in [0.25, 0.3) is 0 Å². The molecule has 1 amide bonds. The first-order chi connectivity index (χ1) is 31.4. The summed E-state index contributed by atoms with van der Waals surface area (Å²) in [6, 6.07) is -1.14. The summed E-state index contributed by atoms with van der Waals surface area (Å²) in [5.74, 6) is -0.717. The molecule has 65 heavy (non-hydrogen) atoms. The van der Waals surface area contributed by atoms with Crippen LogP contribution < -0.4 is 5.32 Å². The van der Waals surface area contributed by atoms with Gasteiger partial charge in [-0.3, -0.25) is 9.35 Å². The third kappa shape index (κ3) is 33.2. The number of aliphatic hydroxyl groups is 5. The molecule has 1 aliphatic heterocycles. The minimum Gasteiger partial charge on any atom is -0.394 e. The zero-order valence-corrected chi connectivity index (χ0v) is 41.2. The molecule has 1 saturated heterocycles. The third-order valence-electron chi connectivity index (χ3n) is 12.0. The molecule has 0 aromatic carbocycles. The number of amides is 1. The van der Waals surface area contributed by atoms with Crippen molar-refractivity contribution in [2.24, 2.45) is 0 Å². The summed E-state index contributed by atoms with van der Waals surface area (Å²) in [6.45, 7) is 3.18. The molecule has 0 aromatic heterocycles. The lowest BCUT2D eigenvalue weighted by molar-refractivity contribution is -0.298. The average Bonchev–Trinajstić information content (AvgIpc) is 3.28. The summed E-state index contributed by atoms with van der Waals surface area (Å²) in [5.41, 5.74) is 0. The lowest BCUT2D eigenvalue weighted by Crippen LogP contribution is -2.61. The number of carbonyl (C=O) groups is 1. The highest BCUT2D eigenvalue weighted by molar-refractivity contribution is 7.80. The van der Waals surface area contributed by atoms with E-state index in [0.717, 1.165) is 57.8 Å². The molecule has 0 bridgehead atoms. The Labute approximate surface area is 394 Å². The average molecular weight is 944 g/mol. The van der Waals surface area contributed by atoms with Gasteiger partial charge in [0.2, 0.25) is 5.91 Å². The summed E-state index contributed by atoms with van der Waals surface area (Å²) in [7, 11) is -5.13.